The second-order valence-corrected chi connectivity index (χ2v) is 35.1. The van der Waals surface area contributed by atoms with Crippen molar-refractivity contribution in [3.8, 4) is 17.2 Å². The van der Waals surface area contributed by atoms with Crippen molar-refractivity contribution in [2.24, 2.45) is 17.8 Å². The minimum atomic E-state index is -4.65. The van der Waals surface area contributed by atoms with Gasteiger partial charge in [0, 0.05) is 96.5 Å². The zero-order valence-corrected chi connectivity index (χ0v) is 61.0. The van der Waals surface area contributed by atoms with E-state index < -0.39 is 118 Å². The predicted molar refractivity (Wildman–Crippen MR) is 355 cm³/mol. The number of hydrogen-bond acceptors (Lipinski definition) is 18. The number of fused-ring (bicyclic) bond motifs is 3. The fourth-order valence-corrected chi connectivity index (χ4v) is 15.8. The van der Waals surface area contributed by atoms with Crippen LogP contribution < -0.4 is 14.2 Å². The van der Waals surface area contributed by atoms with Gasteiger partial charge in [0.2, 0.25) is 0 Å². The number of alkyl halides is 12. The van der Waals surface area contributed by atoms with Crippen LogP contribution in [-0.2, 0) is 58.1 Å². The minimum Gasteiger partial charge on any atom is -0.484 e. The Morgan fingerprint density at radius 3 is 1.07 bits per heavy atom. The van der Waals surface area contributed by atoms with E-state index in [1.54, 1.807) is 11.1 Å². The molecule has 36 heteroatoms. The number of benzene rings is 3. The molecule has 106 heavy (non-hydrogen) atoms. The molecule has 0 N–H and O–H groups in total. The Labute approximate surface area is 603 Å². The third-order valence-corrected chi connectivity index (χ3v) is 25.3. The number of hydrogen-bond donors (Lipinski definition) is 0. The minimum absolute atomic E-state index is 0.00149. The van der Waals surface area contributed by atoms with Crippen LogP contribution in [0.4, 0.5) is 52.7 Å². The average molecular weight is 1560 g/mol. The van der Waals surface area contributed by atoms with E-state index >= 15 is 0 Å². The molecule has 13 rings (SSSR count). The van der Waals surface area contributed by atoms with Crippen LogP contribution >= 0.6 is 0 Å². The molecule has 0 radical (unpaired) electrons. The lowest BCUT2D eigenvalue weighted by atomic mass is 10.0. The van der Waals surface area contributed by atoms with Crippen LogP contribution in [0.3, 0.4) is 0 Å². The topological polar surface area (TPSA) is 268 Å². The van der Waals surface area contributed by atoms with Gasteiger partial charge < -0.3 is 28.9 Å². The Morgan fingerprint density at radius 2 is 0.774 bits per heavy atom. The molecule has 21 nitrogen and oxygen atoms in total. The van der Waals surface area contributed by atoms with Crippen molar-refractivity contribution < 1.29 is 107 Å². The Kier molecular flexibility index (Phi) is 20.6. The third kappa shape index (κ3) is 16.3. The summed E-state index contributed by atoms with van der Waals surface area (Å²) >= 11 is 0. The van der Waals surface area contributed by atoms with Crippen molar-refractivity contribution in [1.82, 2.24) is 44.6 Å². The SMILES string of the molecule is CCS(=O)(=O)c1ccc(O[C@@H](C)C(C)(F)F)c(C(=O)N2CC3CC3(c3nccc(C(F)(F)F)n3)C2)c1.CCS(=O)(=O)c1ccc(O[C@H](C)C(C)(F)F)c(C(=O)N2CC3CC3(c3nccc(C(F)(F)F)n3)C2)c1.C[C@@H](Oc1ccc(S(C)(=O)=O)cc1C(=O)N1CC2CC2(c2nccc(C3CC3)n2)C1)C(C)(F)F. The molecule has 7 fully saturated rings. The van der Waals surface area contributed by atoms with Gasteiger partial charge in [-0.1, -0.05) is 13.8 Å². The van der Waals surface area contributed by atoms with Crippen LogP contribution in [-0.4, -0.2) is 181 Å². The van der Waals surface area contributed by atoms with E-state index in [-0.39, 0.29) is 121 Å². The number of aromatic nitrogens is 6. The summed E-state index contributed by atoms with van der Waals surface area (Å²) in [6.45, 7) is 9.55. The number of nitrogens with zero attached hydrogens (tertiary/aromatic N) is 9. The van der Waals surface area contributed by atoms with Crippen LogP contribution in [0.2, 0.25) is 0 Å². The van der Waals surface area contributed by atoms with Crippen molar-refractivity contribution in [2.75, 3.05) is 57.0 Å². The van der Waals surface area contributed by atoms with Gasteiger partial charge in [-0.15, -0.1) is 0 Å². The molecule has 7 aliphatic rings. The van der Waals surface area contributed by atoms with Crippen LogP contribution in [0, 0.1) is 17.8 Å². The first-order chi connectivity index (χ1) is 49.0. The fraction of sp³-hybridized carbons (Fsp3) is 0.529. The Hall–Kier alpha value is -8.28. The summed E-state index contributed by atoms with van der Waals surface area (Å²) in [6.07, 6.45) is -5.05. The van der Waals surface area contributed by atoms with Gasteiger partial charge in [-0.25, -0.2) is 81.5 Å². The van der Waals surface area contributed by atoms with Gasteiger partial charge in [-0.2, -0.15) is 26.3 Å². The highest BCUT2D eigenvalue weighted by molar-refractivity contribution is 7.91. The number of likely N-dealkylation sites (tertiary alicyclic amines) is 3. The lowest BCUT2D eigenvalue weighted by molar-refractivity contribution is -0.142. The third-order valence-electron chi connectivity index (χ3n) is 20.7. The first kappa shape index (κ1) is 78.8. The predicted octanol–water partition coefficient (Wildman–Crippen LogP) is 11.8. The number of sulfone groups is 3. The van der Waals surface area contributed by atoms with E-state index in [2.05, 4.69) is 24.9 Å². The van der Waals surface area contributed by atoms with E-state index in [4.69, 9.17) is 19.2 Å². The molecule has 574 valence electrons. The van der Waals surface area contributed by atoms with E-state index in [9.17, 15) is 92.3 Å². The van der Waals surface area contributed by atoms with Crippen LogP contribution in [0.1, 0.15) is 159 Å². The van der Waals surface area contributed by atoms with E-state index in [0.29, 0.717) is 45.7 Å². The molecule has 0 bridgehead atoms. The zero-order valence-electron chi connectivity index (χ0n) is 58.6. The molecule has 6 unspecified atom stereocenters. The summed E-state index contributed by atoms with van der Waals surface area (Å²) in [4.78, 5) is 69.1. The average Bonchev–Trinajstić information content (AvgIpc) is 1.55. The smallest absolute Gasteiger partial charge is 0.433 e. The molecular weight excluding hydrogens is 1480 g/mol. The van der Waals surface area contributed by atoms with Gasteiger partial charge in [-0.05, 0) is 143 Å². The first-order valence-corrected chi connectivity index (χ1v) is 39.0. The standard InChI is InChI=1S/C24H27F2N3O4S.2C23H24F5N3O4S/c1-14(23(2,25)26)33-20-7-6-17(34(3,31)32)10-18(20)21(30)29-12-16-11-24(16,13-29)22-27-9-8-19(28-22)15-4-5-15;2*1-4-36(33,34)15-5-6-17(35-13(2)21(3,24)25)16(9-15)19(32)31-11-14-10-22(14,12-31)20-29-8-7-18(30-20)23(26,27)28/h6-10,14-16H,4-5,11-13H2,1-3H3;2*5-9,13-14H,4,10-12H2,1-3H3/t14-,16?,24?;2*13-,14?,22?/m110/s1. The van der Waals surface area contributed by atoms with E-state index in [0.717, 1.165) is 94.5 Å². The maximum atomic E-state index is 13.8. The van der Waals surface area contributed by atoms with Crippen LogP contribution in [0.25, 0.3) is 0 Å². The highest BCUT2D eigenvalue weighted by Crippen LogP contribution is 2.61. The quantitative estimate of drug-likeness (QED) is 0.0606. The van der Waals surface area contributed by atoms with E-state index in [1.165, 1.54) is 73.0 Å². The second kappa shape index (κ2) is 27.7. The summed E-state index contributed by atoms with van der Waals surface area (Å²) in [6, 6.07) is 14.1. The van der Waals surface area contributed by atoms with Crippen molar-refractivity contribution in [3.05, 3.63) is 143 Å². The molecule has 3 amide bonds. The molecule has 4 saturated carbocycles. The fourth-order valence-electron chi connectivity index (χ4n) is 13.4. The normalized spacial score (nSPS) is 23.5. The van der Waals surface area contributed by atoms with Gasteiger partial charge >= 0.3 is 12.4 Å². The van der Waals surface area contributed by atoms with Crippen molar-refractivity contribution >= 4 is 47.2 Å². The first-order valence-electron chi connectivity index (χ1n) is 33.8. The summed E-state index contributed by atoms with van der Waals surface area (Å²) in [5, 5.41) is 0. The molecule has 3 aromatic heterocycles. The Bertz CT molecular complexity index is 4590. The molecule has 6 heterocycles. The summed E-state index contributed by atoms with van der Waals surface area (Å²) < 4.78 is 251. The summed E-state index contributed by atoms with van der Waals surface area (Å²) in [7, 11) is -11.1. The lowest BCUT2D eigenvalue weighted by Gasteiger charge is -2.25. The molecule has 3 aromatic carbocycles. The van der Waals surface area contributed by atoms with Gasteiger partial charge in [0.1, 0.15) is 46.1 Å². The second-order valence-electron chi connectivity index (χ2n) is 28.5. The number of piperidine rings is 3. The molecular formula is C70H75F12N9O12S3. The summed E-state index contributed by atoms with van der Waals surface area (Å²) in [5.74, 6) is -11.4. The summed E-state index contributed by atoms with van der Waals surface area (Å²) in [5.41, 5.74) is -3.61. The largest absolute Gasteiger partial charge is 0.484 e. The van der Waals surface area contributed by atoms with Gasteiger partial charge in [0.05, 0.1) is 59.1 Å². The van der Waals surface area contributed by atoms with Gasteiger partial charge in [0.25, 0.3) is 35.5 Å². The zero-order chi connectivity index (χ0) is 77.8. The monoisotopic (exact) mass is 1560 g/mol. The van der Waals surface area contributed by atoms with Gasteiger partial charge in [-0.3, -0.25) is 14.4 Å². The molecule has 0 spiro atoms. The van der Waals surface area contributed by atoms with Crippen molar-refractivity contribution in [1.29, 1.82) is 0 Å². The van der Waals surface area contributed by atoms with Crippen molar-refractivity contribution in [2.45, 2.75) is 173 Å². The lowest BCUT2D eigenvalue weighted by Crippen LogP contribution is -2.36. The highest BCUT2D eigenvalue weighted by Gasteiger charge is 2.66. The molecule has 9 atom stereocenters. The Morgan fingerprint density at radius 1 is 0.472 bits per heavy atom. The van der Waals surface area contributed by atoms with Crippen LogP contribution in [0.15, 0.2) is 106 Å². The molecule has 3 aliphatic heterocycles. The highest BCUT2D eigenvalue weighted by atomic mass is 32.2. The maximum absolute atomic E-state index is 13.8. The van der Waals surface area contributed by atoms with Crippen LogP contribution in [0.5, 0.6) is 17.2 Å². The van der Waals surface area contributed by atoms with Crippen molar-refractivity contribution in [3.63, 3.8) is 0 Å². The van der Waals surface area contributed by atoms with Gasteiger partial charge in [0.15, 0.2) is 47.8 Å². The maximum Gasteiger partial charge on any atom is 0.433 e. The number of ether oxygens (including phenoxy) is 3. The number of carbonyl (C=O) groups excluding carboxylic acids is 3. The molecule has 6 aromatic rings. The Balaban J connectivity index is 0.000000159. The number of rotatable bonds is 21. The number of halogens is 12. The molecule has 3 saturated heterocycles. The number of carbonyl (C=O) groups is 3. The van der Waals surface area contributed by atoms with E-state index in [1.807, 2.05) is 6.07 Å². The molecule has 4 aliphatic carbocycles. The number of amides is 3.